The van der Waals surface area contributed by atoms with E-state index in [2.05, 4.69) is 307 Å². The SMILES string of the molecule is CC(C)(C)CCOc1cccc(OCCC(C)(C)C)c1-c1c2nc(c(C#CC#Cc3c4nc(c(-c5c(OCCC(C)(C)C)cccc5OCCC(C)(C)C)c5ccc(cc6nc(c(-c7c(OCCC(C)(C)C)cccc7OCCC(C)(C)C)c7ccc3[nH]7)C=C6)[nH]5)C=C4)c3ccc([nH]3)c(-c3c(OCCC(C)(C)C)cccc3OCCC(C)(C)C)c3nc(cc4ccc1[nH]4)C=C3)C=C2. The summed E-state index contributed by atoms with van der Waals surface area (Å²) in [6.45, 7) is 57.5. The summed E-state index contributed by atoms with van der Waals surface area (Å²) in [6, 6.07) is 45.3. The van der Waals surface area contributed by atoms with Gasteiger partial charge in [0.25, 0.3) is 0 Å². The quantitative estimate of drug-likeness (QED) is 0.0340. The van der Waals surface area contributed by atoms with Gasteiger partial charge in [0.05, 0.1) is 143 Å². The van der Waals surface area contributed by atoms with Gasteiger partial charge < -0.3 is 57.8 Å². The molecule has 6 aromatic heterocycles. The van der Waals surface area contributed by atoms with Crippen LogP contribution >= 0.6 is 0 Å². The fourth-order valence-corrected chi connectivity index (χ4v) is 15.5. The molecule has 0 fully saturated rings. The summed E-state index contributed by atoms with van der Waals surface area (Å²) < 4.78 is 55.9. The second-order valence-corrected chi connectivity index (χ2v) is 45.0. The third kappa shape index (κ3) is 25.5. The average Bonchev–Trinajstić information content (AvgIpc) is 1.56. The van der Waals surface area contributed by atoms with Crippen molar-refractivity contribution in [1.29, 1.82) is 0 Å². The van der Waals surface area contributed by atoms with Crippen molar-refractivity contribution in [1.82, 2.24) is 39.9 Å². The zero-order valence-electron chi connectivity index (χ0n) is 82.7. The van der Waals surface area contributed by atoms with Crippen LogP contribution in [0.4, 0.5) is 0 Å². The van der Waals surface area contributed by atoms with Crippen LogP contribution in [0.2, 0.25) is 0 Å². The second-order valence-electron chi connectivity index (χ2n) is 45.0. The van der Waals surface area contributed by atoms with Crippen LogP contribution in [0.1, 0.15) is 274 Å². The first-order valence-electron chi connectivity index (χ1n) is 47.2. The maximum atomic E-state index is 6.98. The van der Waals surface area contributed by atoms with Gasteiger partial charge in [0.1, 0.15) is 46.0 Å². The molecule has 132 heavy (non-hydrogen) atoms. The van der Waals surface area contributed by atoms with E-state index in [9.17, 15) is 0 Å². The van der Waals surface area contributed by atoms with Crippen molar-refractivity contribution in [2.45, 2.75) is 218 Å². The van der Waals surface area contributed by atoms with Crippen molar-refractivity contribution in [2.75, 3.05) is 52.9 Å². The molecule has 690 valence electrons. The van der Waals surface area contributed by atoms with Crippen LogP contribution in [0, 0.1) is 67.0 Å². The first-order chi connectivity index (χ1) is 62.4. The maximum absolute atomic E-state index is 6.98. The average molecular weight is 1770 g/mol. The minimum atomic E-state index is 0.00420. The van der Waals surface area contributed by atoms with Gasteiger partial charge in [0.2, 0.25) is 0 Å². The number of H-pyrrole nitrogens is 4. The van der Waals surface area contributed by atoms with Crippen LogP contribution < -0.4 is 37.9 Å². The van der Waals surface area contributed by atoms with Gasteiger partial charge in [-0.15, -0.1) is 0 Å². The fraction of sp³-hybridized carbons (Fsp3) is 0.414. The topological polar surface area (TPSA) is 189 Å². The minimum absolute atomic E-state index is 0.00420. The molecule has 4 aliphatic heterocycles. The number of aromatic amines is 4. The molecule has 4 N–H and O–H groups in total. The van der Waals surface area contributed by atoms with E-state index in [0.717, 1.165) is 140 Å². The highest BCUT2D eigenvalue weighted by atomic mass is 16.5. The number of hydrogen-bond donors (Lipinski definition) is 4. The Labute approximate surface area is 783 Å². The molecular weight excluding hydrogens is 1630 g/mol. The van der Waals surface area contributed by atoms with E-state index >= 15 is 0 Å². The molecule has 16 heteroatoms. The van der Waals surface area contributed by atoms with E-state index in [0.29, 0.717) is 155 Å². The highest BCUT2D eigenvalue weighted by Crippen LogP contribution is 2.50. The van der Waals surface area contributed by atoms with Crippen molar-refractivity contribution in [2.24, 2.45) is 43.3 Å². The van der Waals surface area contributed by atoms with Crippen LogP contribution in [0.5, 0.6) is 46.0 Å². The number of nitrogens with zero attached hydrogens (tertiary/aromatic N) is 4. The summed E-state index contributed by atoms with van der Waals surface area (Å²) in [7, 11) is 0. The summed E-state index contributed by atoms with van der Waals surface area (Å²) in [5, 5.41) is 0. The first-order valence-corrected chi connectivity index (χ1v) is 47.2. The Balaban J connectivity index is 1.08. The molecule has 14 rings (SSSR count). The van der Waals surface area contributed by atoms with Crippen molar-refractivity contribution >= 4 is 92.7 Å². The standard InChI is InChI=1S/C116H138N8O8/c1-109(2,3)57-65-125-93-33-27-34-94(126-66-58-110(4,5)6)105(93)101-85-45-41-75(117-85)73-76-42-46-86(118-76)102(106-95(127-67-59-111(7,8)9)35-28-36-96(106)128-68-60-112(10,11)12)90-54-50-82(122-90)79(81-49-53-89(101)121-81)31-25-26-32-80-83-51-55-91(123-83)103(107-97(129-69-61-113(13,14)15)37-29-38-98(107)130-70-62-114(16,17)18)87-47-43-77(119-87)74-78-44-48-88(120-78)104(92-56-52-84(80)124-92)108-99(131-71-63-115(19,20)21)39-30-40-100(108)132-72-64-116(22,23)24/h27-30,33-56,73-74,117,119,122,124H,57-72H2,1-24H3. The monoisotopic (exact) mass is 1770 g/mol. The number of benzene rings is 4. The van der Waals surface area contributed by atoms with Gasteiger partial charge in [-0.1, -0.05) is 190 Å². The number of nitrogens with one attached hydrogen (secondary N) is 4. The van der Waals surface area contributed by atoms with Gasteiger partial charge in [0.15, 0.2) is 0 Å². The lowest BCUT2D eigenvalue weighted by Gasteiger charge is -2.22. The van der Waals surface area contributed by atoms with E-state index in [1.807, 2.05) is 84.9 Å². The minimum Gasteiger partial charge on any atom is -0.493 e. The number of aromatic nitrogens is 8. The predicted octanol–water partition coefficient (Wildman–Crippen LogP) is 30.2. The lowest BCUT2D eigenvalue weighted by atomic mass is 9.93. The Kier molecular flexibility index (Phi) is 28.7. The molecular formula is C116H138N8O8. The third-order valence-electron chi connectivity index (χ3n) is 23.4. The molecule has 0 amide bonds. The fourth-order valence-electron chi connectivity index (χ4n) is 15.5. The van der Waals surface area contributed by atoms with E-state index in [4.69, 9.17) is 57.8 Å². The van der Waals surface area contributed by atoms with Gasteiger partial charge in [-0.25, -0.2) is 19.9 Å². The molecule has 0 unspecified atom stereocenters. The van der Waals surface area contributed by atoms with E-state index < -0.39 is 0 Å². The number of fused-ring (bicyclic) bond motifs is 16. The zero-order valence-corrected chi connectivity index (χ0v) is 82.7. The summed E-state index contributed by atoms with van der Waals surface area (Å²) in [4.78, 5) is 38.2. The Morgan fingerprint density at radius 2 is 0.424 bits per heavy atom. The largest absolute Gasteiger partial charge is 0.493 e. The molecule has 0 atom stereocenters. The normalized spacial score (nSPS) is 12.9. The van der Waals surface area contributed by atoms with Crippen molar-refractivity contribution in [3.8, 4) is 114 Å². The lowest BCUT2D eigenvalue weighted by Crippen LogP contribution is -2.13. The third-order valence-corrected chi connectivity index (χ3v) is 23.4. The van der Waals surface area contributed by atoms with Crippen LogP contribution in [-0.2, 0) is 0 Å². The van der Waals surface area contributed by atoms with Crippen LogP contribution in [-0.4, -0.2) is 92.7 Å². The molecule has 10 aromatic rings. The van der Waals surface area contributed by atoms with Crippen LogP contribution in [0.15, 0.2) is 133 Å². The van der Waals surface area contributed by atoms with Gasteiger partial charge in [-0.2, -0.15) is 0 Å². The van der Waals surface area contributed by atoms with E-state index in [-0.39, 0.29) is 43.3 Å². The molecule has 4 aromatic carbocycles. The van der Waals surface area contributed by atoms with E-state index in [1.165, 1.54) is 0 Å². The Hall–Kier alpha value is -12.4. The first kappa shape index (κ1) is 95.7. The molecule has 0 saturated carbocycles. The molecule has 16 bridgehead atoms. The number of rotatable bonds is 28. The van der Waals surface area contributed by atoms with Gasteiger partial charge in [0, 0.05) is 55.4 Å². The second kappa shape index (κ2) is 39.6. The molecule has 4 aliphatic rings. The Morgan fingerprint density at radius 1 is 0.220 bits per heavy atom. The maximum Gasteiger partial charge on any atom is 0.131 e. The highest BCUT2D eigenvalue weighted by Gasteiger charge is 2.30. The van der Waals surface area contributed by atoms with Gasteiger partial charge in [-0.05, 0) is 276 Å². The molecule has 0 spiro atoms. The molecule has 16 nitrogen and oxygen atoms in total. The Bertz CT molecular complexity index is 5810. The smallest absolute Gasteiger partial charge is 0.131 e. The van der Waals surface area contributed by atoms with Crippen molar-refractivity contribution in [3.63, 3.8) is 0 Å². The van der Waals surface area contributed by atoms with E-state index in [1.54, 1.807) is 0 Å². The lowest BCUT2D eigenvalue weighted by molar-refractivity contribution is 0.235. The van der Waals surface area contributed by atoms with Crippen molar-refractivity contribution in [3.05, 3.63) is 190 Å². The summed E-state index contributed by atoms with van der Waals surface area (Å²) in [5.41, 5.74) is 19.0. The number of hydrogen-bond acceptors (Lipinski definition) is 12. The predicted molar refractivity (Wildman–Crippen MR) is 550 cm³/mol. The van der Waals surface area contributed by atoms with Crippen molar-refractivity contribution < 1.29 is 37.9 Å². The van der Waals surface area contributed by atoms with Gasteiger partial charge >= 0.3 is 0 Å². The summed E-state index contributed by atoms with van der Waals surface area (Å²) in [6.07, 6.45) is 23.1. The molecule has 0 aliphatic carbocycles. The zero-order chi connectivity index (χ0) is 94.3. The highest BCUT2D eigenvalue weighted by molar-refractivity contribution is 6.01. The molecule has 0 saturated heterocycles. The summed E-state index contributed by atoms with van der Waals surface area (Å²) in [5.74, 6) is 19.7. The molecule has 0 radical (unpaired) electrons. The van der Waals surface area contributed by atoms with Crippen LogP contribution in [0.25, 0.3) is 137 Å². The van der Waals surface area contributed by atoms with Gasteiger partial charge in [-0.3, -0.25) is 0 Å². The summed E-state index contributed by atoms with van der Waals surface area (Å²) >= 11 is 0. The molecule has 10 heterocycles. The number of ether oxygens (including phenoxy) is 8. The van der Waals surface area contributed by atoms with Crippen LogP contribution in [0.3, 0.4) is 0 Å². The Morgan fingerprint density at radius 3 is 0.667 bits per heavy atom.